The van der Waals surface area contributed by atoms with Crippen molar-refractivity contribution in [2.24, 2.45) is 5.73 Å². The second kappa shape index (κ2) is 4.59. The van der Waals surface area contributed by atoms with Gasteiger partial charge in [0.2, 0.25) is 0 Å². The predicted octanol–water partition coefficient (Wildman–Crippen LogP) is 1.34. The SMILES string of the molecule is NC(Cc1cnc(Cl)cc1Cl)C(=O)O. The molecule has 0 bridgehead atoms. The number of carboxylic acids is 1. The lowest BCUT2D eigenvalue weighted by atomic mass is 10.1. The number of carboxylic acid groups (broad SMARTS) is 1. The fourth-order valence-corrected chi connectivity index (χ4v) is 1.35. The minimum Gasteiger partial charge on any atom is -0.480 e. The molecule has 1 heterocycles. The Bertz CT molecular complexity index is 357. The maximum absolute atomic E-state index is 10.5. The van der Waals surface area contributed by atoms with Crippen molar-refractivity contribution in [1.82, 2.24) is 4.98 Å². The summed E-state index contributed by atoms with van der Waals surface area (Å²) in [5.74, 6) is -1.07. The minimum atomic E-state index is -1.07. The van der Waals surface area contributed by atoms with E-state index < -0.39 is 12.0 Å². The zero-order valence-electron chi connectivity index (χ0n) is 7.08. The average Bonchev–Trinajstić information content (AvgIpc) is 2.09. The van der Waals surface area contributed by atoms with E-state index in [0.717, 1.165) is 0 Å². The van der Waals surface area contributed by atoms with Crippen LogP contribution in [0.3, 0.4) is 0 Å². The molecule has 1 atom stereocenters. The van der Waals surface area contributed by atoms with Gasteiger partial charge in [-0.3, -0.25) is 4.79 Å². The third-order valence-electron chi connectivity index (χ3n) is 1.65. The van der Waals surface area contributed by atoms with Crippen LogP contribution in [0.2, 0.25) is 10.2 Å². The van der Waals surface area contributed by atoms with Gasteiger partial charge in [-0.2, -0.15) is 0 Å². The number of halogens is 2. The number of rotatable bonds is 3. The summed E-state index contributed by atoms with van der Waals surface area (Å²) in [5, 5.41) is 9.22. The molecule has 0 aromatic carbocycles. The van der Waals surface area contributed by atoms with Crippen molar-refractivity contribution in [3.05, 3.63) is 28.0 Å². The second-order valence-corrected chi connectivity index (χ2v) is 3.54. The van der Waals surface area contributed by atoms with Gasteiger partial charge in [0.05, 0.1) is 0 Å². The molecular weight excluding hydrogens is 227 g/mol. The molecule has 3 N–H and O–H groups in total. The molecule has 6 heteroatoms. The third kappa shape index (κ3) is 2.83. The van der Waals surface area contributed by atoms with Gasteiger partial charge in [0, 0.05) is 17.6 Å². The van der Waals surface area contributed by atoms with Crippen LogP contribution in [0.1, 0.15) is 5.56 Å². The molecule has 1 unspecified atom stereocenters. The first-order chi connectivity index (χ1) is 6.50. The Hall–Kier alpha value is -0.840. The van der Waals surface area contributed by atoms with E-state index in [0.29, 0.717) is 10.6 Å². The van der Waals surface area contributed by atoms with Crippen molar-refractivity contribution in [3.8, 4) is 0 Å². The van der Waals surface area contributed by atoms with Gasteiger partial charge in [0.1, 0.15) is 11.2 Å². The molecule has 0 saturated carbocycles. The molecule has 0 saturated heterocycles. The van der Waals surface area contributed by atoms with Crippen molar-refractivity contribution in [3.63, 3.8) is 0 Å². The third-order valence-corrected chi connectivity index (χ3v) is 2.21. The molecule has 0 amide bonds. The summed E-state index contributed by atoms with van der Waals surface area (Å²) in [6, 6.07) is 0.475. The molecule has 14 heavy (non-hydrogen) atoms. The van der Waals surface area contributed by atoms with Crippen molar-refractivity contribution >= 4 is 29.2 Å². The van der Waals surface area contributed by atoms with Crippen LogP contribution in [0.25, 0.3) is 0 Å². The van der Waals surface area contributed by atoms with Gasteiger partial charge >= 0.3 is 5.97 Å². The summed E-state index contributed by atoms with van der Waals surface area (Å²) in [6.07, 6.45) is 1.56. The maximum Gasteiger partial charge on any atom is 0.320 e. The fourth-order valence-electron chi connectivity index (χ4n) is 0.910. The van der Waals surface area contributed by atoms with Crippen LogP contribution < -0.4 is 5.73 Å². The summed E-state index contributed by atoms with van der Waals surface area (Å²) in [4.78, 5) is 14.3. The summed E-state index contributed by atoms with van der Waals surface area (Å²) in [6.45, 7) is 0. The zero-order chi connectivity index (χ0) is 10.7. The highest BCUT2D eigenvalue weighted by molar-refractivity contribution is 6.34. The fraction of sp³-hybridized carbons (Fsp3) is 0.250. The lowest BCUT2D eigenvalue weighted by Crippen LogP contribution is -2.32. The van der Waals surface area contributed by atoms with Gasteiger partial charge in [0.15, 0.2) is 0 Å². The molecule has 76 valence electrons. The maximum atomic E-state index is 10.5. The first-order valence-corrected chi connectivity index (χ1v) is 4.54. The molecule has 0 radical (unpaired) electrons. The van der Waals surface area contributed by atoms with E-state index in [4.69, 9.17) is 34.0 Å². The van der Waals surface area contributed by atoms with Crippen LogP contribution in [-0.4, -0.2) is 22.1 Å². The molecule has 0 aliphatic heterocycles. The molecule has 1 aromatic heterocycles. The largest absolute Gasteiger partial charge is 0.480 e. The second-order valence-electron chi connectivity index (χ2n) is 2.75. The van der Waals surface area contributed by atoms with Gasteiger partial charge in [0.25, 0.3) is 0 Å². The minimum absolute atomic E-state index is 0.137. The number of nitrogens with zero attached hydrogens (tertiary/aromatic N) is 1. The predicted molar refractivity (Wildman–Crippen MR) is 53.6 cm³/mol. The quantitative estimate of drug-likeness (QED) is 0.775. The Labute approximate surface area is 90.6 Å². The normalized spacial score (nSPS) is 12.5. The number of carbonyl (C=O) groups is 1. The van der Waals surface area contributed by atoms with E-state index in [1.165, 1.54) is 12.3 Å². The highest BCUT2D eigenvalue weighted by Crippen LogP contribution is 2.19. The van der Waals surface area contributed by atoms with Crippen LogP contribution in [0.4, 0.5) is 0 Å². The van der Waals surface area contributed by atoms with Crippen molar-refractivity contribution < 1.29 is 9.90 Å². The molecule has 0 aliphatic rings. The molecule has 0 spiro atoms. The van der Waals surface area contributed by atoms with Crippen LogP contribution in [-0.2, 0) is 11.2 Å². The molecular formula is C8H8Cl2N2O2. The van der Waals surface area contributed by atoms with Crippen molar-refractivity contribution in [2.75, 3.05) is 0 Å². The van der Waals surface area contributed by atoms with Crippen LogP contribution in [0, 0.1) is 0 Å². The van der Waals surface area contributed by atoms with Gasteiger partial charge < -0.3 is 10.8 Å². The lowest BCUT2D eigenvalue weighted by Gasteiger charge is -2.07. The van der Waals surface area contributed by atoms with Crippen molar-refractivity contribution in [1.29, 1.82) is 0 Å². The van der Waals surface area contributed by atoms with E-state index in [-0.39, 0.29) is 11.6 Å². The average molecular weight is 235 g/mol. The Balaban J connectivity index is 2.82. The van der Waals surface area contributed by atoms with E-state index in [1.54, 1.807) is 0 Å². The first kappa shape index (κ1) is 11.2. The Morgan fingerprint density at radius 2 is 2.29 bits per heavy atom. The van der Waals surface area contributed by atoms with Crippen LogP contribution in [0.5, 0.6) is 0 Å². The molecule has 1 aromatic rings. The number of hydrogen-bond acceptors (Lipinski definition) is 3. The number of aliphatic carboxylic acids is 1. The first-order valence-electron chi connectivity index (χ1n) is 3.79. The van der Waals surface area contributed by atoms with Gasteiger partial charge in [-0.05, 0) is 11.6 Å². The summed E-state index contributed by atoms with van der Waals surface area (Å²) < 4.78 is 0. The van der Waals surface area contributed by atoms with Crippen LogP contribution in [0.15, 0.2) is 12.3 Å². The highest BCUT2D eigenvalue weighted by atomic mass is 35.5. The molecule has 4 nitrogen and oxygen atoms in total. The van der Waals surface area contributed by atoms with Gasteiger partial charge in [-0.25, -0.2) is 4.98 Å². The molecule has 0 aliphatic carbocycles. The number of hydrogen-bond donors (Lipinski definition) is 2. The standard InChI is InChI=1S/C8H8Cl2N2O2/c9-5-2-7(10)12-3-4(5)1-6(11)8(13)14/h2-3,6H,1,11H2,(H,13,14). The number of pyridine rings is 1. The Morgan fingerprint density at radius 3 is 2.79 bits per heavy atom. The smallest absolute Gasteiger partial charge is 0.320 e. The molecule has 1 rings (SSSR count). The topological polar surface area (TPSA) is 76.2 Å². The highest BCUT2D eigenvalue weighted by Gasteiger charge is 2.14. The summed E-state index contributed by atoms with van der Waals surface area (Å²) in [5.41, 5.74) is 5.91. The van der Waals surface area contributed by atoms with Gasteiger partial charge in [-0.15, -0.1) is 0 Å². The lowest BCUT2D eigenvalue weighted by molar-refractivity contribution is -0.138. The monoisotopic (exact) mass is 234 g/mol. The van der Waals surface area contributed by atoms with E-state index in [9.17, 15) is 4.79 Å². The summed E-state index contributed by atoms with van der Waals surface area (Å²) >= 11 is 11.4. The number of aromatic nitrogens is 1. The summed E-state index contributed by atoms with van der Waals surface area (Å²) in [7, 11) is 0. The van der Waals surface area contributed by atoms with Crippen molar-refractivity contribution in [2.45, 2.75) is 12.5 Å². The van der Waals surface area contributed by atoms with Gasteiger partial charge in [-0.1, -0.05) is 23.2 Å². The number of nitrogens with two attached hydrogens (primary N) is 1. The Kier molecular flexibility index (Phi) is 3.69. The van der Waals surface area contributed by atoms with E-state index in [1.807, 2.05) is 0 Å². The molecule has 0 fully saturated rings. The van der Waals surface area contributed by atoms with E-state index in [2.05, 4.69) is 4.98 Å². The Morgan fingerprint density at radius 1 is 1.64 bits per heavy atom. The van der Waals surface area contributed by atoms with E-state index >= 15 is 0 Å². The van der Waals surface area contributed by atoms with Crippen LogP contribution >= 0.6 is 23.2 Å². The zero-order valence-corrected chi connectivity index (χ0v) is 8.59.